The summed E-state index contributed by atoms with van der Waals surface area (Å²) in [5.41, 5.74) is 8.33. The lowest BCUT2D eigenvalue weighted by molar-refractivity contribution is 0.713. The average Bonchev–Trinajstić information content (AvgIpc) is 2.82. The summed E-state index contributed by atoms with van der Waals surface area (Å²) in [5.74, 6) is 1.81. The molecule has 3 aromatic rings. The van der Waals surface area contributed by atoms with Crippen molar-refractivity contribution in [2.24, 2.45) is 0 Å². The molecule has 3 rings (SSSR count). The molecule has 0 unspecified atom stereocenters. The van der Waals surface area contributed by atoms with Gasteiger partial charge in [0.05, 0.1) is 0 Å². The van der Waals surface area contributed by atoms with E-state index in [4.69, 9.17) is 10.7 Å². The Labute approximate surface area is 119 Å². The minimum Gasteiger partial charge on any atom is -0.383 e. The summed E-state index contributed by atoms with van der Waals surface area (Å²) >= 11 is 0. The maximum absolute atomic E-state index is 6.31. The Morgan fingerprint density at radius 2 is 1.80 bits per heavy atom. The van der Waals surface area contributed by atoms with Crippen molar-refractivity contribution in [1.82, 2.24) is 9.55 Å². The quantitative estimate of drug-likeness (QED) is 0.781. The summed E-state index contributed by atoms with van der Waals surface area (Å²) < 4.78 is 2.09. The number of rotatable bonds is 3. The van der Waals surface area contributed by atoms with Gasteiger partial charge in [0.25, 0.3) is 0 Å². The number of nitrogen functional groups attached to an aromatic ring is 1. The minimum absolute atomic E-state index is 0.765. The number of fused-ring (bicyclic) bond motifs is 1. The van der Waals surface area contributed by atoms with Gasteiger partial charge in [-0.1, -0.05) is 49.4 Å². The van der Waals surface area contributed by atoms with E-state index in [1.165, 1.54) is 10.8 Å². The lowest BCUT2D eigenvalue weighted by atomic mass is 10.0. The Hall–Kier alpha value is -2.29. The van der Waals surface area contributed by atoms with Gasteiger partial charge in [-0.2, -0.15) is 0 Å². The molecule has 0 saturated heterocycles. The fourth-order valence-corrected chi connectivity index (χ4v) is 2.77. The van der Waals surface area contributed by atoms with Gasteiger partial charge in [0.2, 0.25) is 0 Å². The summed E-state index contributed by atoms with van der Waals surface area (Å²) in [6, 6.07) is 14.6. The summed E-state index contributed by atoms with van der Waals surface area (Å²) in [4.78, 5) is 4.76. The lowest BCUT2D eigenvalue weighted by Crippen LogP contribution is -2.04. The highest BCUT2D eigenvalue weighted by molar-refractivity contribution is 5.97. The molecular formula is C17H19N3. The molecule has 2 aromatic carbocycles. The monoisotopic (exact) mass is 265 g/mol. The molecule has 20 heavy (non-hydrogen) atoms. The van der Waals surface area contributed by atoms with Crippen LogP contribution in [-0.2, 0) is 13.0 Å². The summed E-state index contributed by atoms with van der Waals surface area (Å²) in [6.45, 7) is 5.07. The predicted molar refractivity (Wildman–Crippen MR) is 84.6 cm³/mol. The number of aryl methyl sites for hydroxylation is 1. The molecule has 0 aliphatic carbocycles. The Balaban J connectivity index is 2.29. The summed E-state index contributed by atoms with van der Waals surface area (Å²) in [7, 11) is 0. The van der Waals surface area contributed by atoms with Gasteiger partial charge in [-0.25, -0.2) is 4.98 Å². The lowest BCUT2D eigenvalue weighted by Gasteiger charge is -2.06. The molecule has 3 heteroatoms. The van der Waals surface area contributed by atoms with E-state index in [-0.39, 0.29) is 0 Å². The average molecular weight is 265 g/mol. The van der Waals surface area contributed by atoms with Crippen LogP contribution in [0.2, 0.25) is 0 Å². The van der Waals surface area contributed by atoms with E-state index in [1.807, 2.05) is 0 Å². The van der Waals surface area contributed by atoms with Crippen LogP contribution >= 0.6 is 0 Å². The molecule has 102 valence electrons. The fourth-order valence-electron chi connectivity index (χ4n) is 2.77. The Bertz CT molecular complexity index is 751. The van der Waals surface area contributed by atoms with Crippen LogP contribution in [0.25, 0.3) is 22.0 Å². The van der Waals surface area contributed by atoms with E-state index in [0.29, 0.717) is 0 Å². The Morgan fingerprint density at radius 3 is 2.50 bits per heavy atom. The van der Waals surface area contributed by atoms with E-state index in [2.05, 4.69) is 60.9 Å². The van der Waals surface area contributed by atoms with E-state index >= 15 is 0 Å². The largest absolute Gasteiger partial charge is 0.383 e. The van der Waals surface area contributed by atoms with Crippen LogP contribution in [0.15, 0.2) is 42.5 Å². The van der Waals surface area contributed by atoms with Gasteiger partial charge in [0.15, 0.2) is 0 Å². The van der Waals surface area contributed by atoms with Crippen LogP contribution in [0.1, 0.15) is 19.7 Å². The van der Waals surface area contributed by atoms with Crippen molar-refractivity contribution in [2.45, 2.75) is 26.8 Å². The topological polar surface area (TPSA) is 43.8 Å². The van der Waals surface area contributed by atoms with Gasteiger partial charge >= 0.3 is 0 Å². The van der Waals surface area contributed by atoms with E-state index < -0.39 is 0 Å². The van der Waals surface area contributed by atoms with Crippen molar-refractivity contribution in [3.63, 3.8) is 0 Å². The molecule has 0 fully saturated rings. The number of nitrogens with two attached hydrogens (primary N) is 1. The van der Waals surface area contributed by atoms with Gasteiger partial charge in [-0.05, 0) is 17.7 Å². The van der Waals surface area contributed by atoms with Gasteiger partial charge in [0.1, 0.15) is 17.3 Å². The molecule has 0 amide bonds. The zero-order valence-electron chi connectivity index (χ0n) is 11.9. The first-order valence-electron chi connectivity index (χ1n) is 7.09. The molecule has 0 spiro atoms. The SMILES string of the molecule is CCc1nc(-c2cccc3ccccc23)c(N)n1CC. The first kappa shape index (κ1) is 12.7. The van der Waals surface area contributed by atoms with E-state index in [0.717, 1.165) is 35.9 Å². The molecule has 2 N–H and O–H groups in total. The van der Waals surface area contributed by atoms with Gasteiger partial charge in [-0.3, -0.25) is 0 Å². The first-order valence-corrected chi connectivity index (χ1v) is 7.09. The Morgan fingerprint density at radius 1 is 1.05 bits per heavy atom. The minimum atomic E-state index is 0.765. The zero-order valence-corrected chi connectivity index (χ0v) is 11.9. The maximum atomic E-state index is 6.31. The predicted octanol–water partition coefficient (Wildman–Crippen LogP) is 3.87. The van der Waals surface area contributed by atoms with Crippen molar-refractivity contribution < 1.29 is 0 Å². The zero-order chi connectivity index (χ0) is 14.1. The van der Waals surface area contributed by atoms with E-state index in [9.17, 15) is 0 Å². The molecule has 0 aliphatic rings. The summed E-state index contributed by atoms with van der Waals surface area (Å²) in [6.07, 6.45) is 0.892. The third kappa shape index (κ3) is 1.86. The molecule has 0 aliphatic heterocycles. The third-order valence-corrected chi connectivity index (χ3v) is 3.76. The highest BCUT2D eigenvalue weighted by Gasteiger charge is 2.15. The number of aromatic nitrogens is 2. The number of hydrogen-bond acceptors (Lipinski definition) is 2. The van der Waals surface area contributed by atoms with Crippen LogP contribution in [-0.4, -0.2) is 9.55 Å². The molecular weight excluding hydrogens is 246 g/mol. The summed E-state index contributed by atoms with van der Waals surface area (Å²) in [5, 5.41) is 2.42. The third-order valence-electron chi connectivity index (χ3n) is 3.76. The van der Waals surface area contributed by atoms with Crippen molar-refractivity contribution >= 4 is 16.6 Å². The number of anilines is 1. The van der Waals surface area contributed by atoms with Gasteiger partial charge in [0, 0.05) is 18.5 Å². The first-order chi connectivity index (χ1) is 9.76. The molecule has 1 heterocycles. The molecule has 0 radical (unpaired) electrons. The molecule has 0 saturated carbocycles. The molecule has 1 aromatic heterocycles. The molecule has 0 atom stereocenters. The second-order valence-electron chi connectivity index (χ2n) is 4.89. The number of imidazole rings is 1. The van der Waals surface area contributed by atoms with Gasteiger partial charge in [-0.15, -0.1) is 0 Å². The second kappa shape index (κ2) is 5.00. The maximum Gasteiger partial charge on any atom is 0.131 e. The van der Waals surface area contributed by atoms with Crippen LogP contribution in [0.5, 0.6) is 0 Å². The Kier molecular flexibility index (Phi) is 3.18. The van der Waals surface area contributed by atoms with Crippen LogP contribution < -0.4 is 5.73 Å². The second-order valence-corrected chi connectivity index (χ2v) is 4.89. The van der Waals surface area contributed by atoms with Crippen LogP contribution in [0.4, 0.5) is 5.82 Å². The van der Waals surface area contributed by atoms with Crippen LogP contribution in [0, 0.1) is 0 Å². The van der Waals surface area contributed by atoms with Crippen molar-refractivity contribution in [3.8, 4) is 11.3 Å². The molecule has 0 bridgehead atoms. The van der Waals surface area contributed by atoms with Crippen molar-refractivity contribution in [2.75, 3.05) is 5.73 Å². The highest BCUT2D eigenvalue weighted by Crippen LogP contribution is 2.32. The van der Waals surface area contributed by atoms with Crippen LogP contribution in [0.3, 0.4) is 0 Å². The molecule has 3 nitrogen and oxygen atoms in total. The number of nitrogens with zero attached hydrogens (tertiary/aromatic N) is 2. The van der Waals surface area contributed by atoms with Gasteiger partial charge < -0.3 is 10.3 Å². The van der Waals surface area contributed by atoms with Crippen molar-refractivity contribution in [3.05, 3.63) is 48.3 Å². The van der Waals surface area contributed by atoms with E-state index in [1.54, 1.807) is 0 Å². The fraction of sp³-hybridized carbons (Fsp3) is 0.235. The standard InChI is InChI=1S/C17H19N3/c1-3-15-19-16(17(18)20(15)4-2)14-11-7-9-12-8-5-6-10-13(12)14/h5-11H,3-4,18H2,1-2H3. The number of benzene rings is 2. The smallest absolute Gasteiger partial charge is 0.131 e. The number of hydrogen-bond donors (Lipinski definition) is 1. The highest BCUT2D eigenvalue weighted by atomic mass is 15.1. The normalized spacial score (nSPS) is 11.1. The van der Waals surface area contributed by atoms with Crippen molar-refractivity contribution in [1.29, 1.82) is 0 Å².